The summed E-state index contributed by atoms with van der Waals surface area (Å²) >= 11 is 3.08. The minimum Gasteiger partial charge on any atom is -0.384 e. The van der Waals surface area contributed by atoms with Crippen LogP contribution in [0.1, 0.15) is 17.2 Å². The largest absolute Gasteiger partial charge is 0.384 e. The van der Waals surface area contributed by atoms with Gasteiger partial charge in [-0.05, 0) is 29.8 Å². The molecule has 18 heavy (non-hydrogen) atoms. The third-order valence-corrected chi connectivity index (χ3v) is 2.92. The maximum Gasteiger partial charge on any atom is 0.132 e. The molecule has 0 fully saturated rings. The summed E-state index contributed by atoms with van der Waals surface area (Å²) in [6.07, 6.45) is -1.35. The van der Waals surface area contributed by atoms with Crippen LogP contribution in [0.4, 0.5) is 13.2 Å². The van der Waals surface area contributed by atoms with E-state index in [1.54, 1.807) is 0 Å². The third kappa shape index (κ3) is 2.73. The Hall–Kier alpha value is -1.33. The maximum absolute atomic E-state index is 13.5. The molecular formula is C13H8BrF3O. The van der Waals surface area contributed by atoms with Gasteiger partial charge in [-0.15, -0.1) is 0 Å². The van der Waals surface area contributed by atoms with E-state index in [4.69, 9.17) is 0 Å². The molecule has 0 aromatic heterocycles. The first-order valence-corrected chi connectivity index (χ1v) is 5.85. The van der Waals surface area contributed by atoms with Gasteiger partial charge in [0.1, 0.15) is 23.6 Å². The average molecular weight is 317 g/mol. The summed E-state index contributed by atoms with van der Waals surface area (Å²) in [4.78, 5) is 0. The summed E-state index contributed by atoms with van der Waals surface area (Å²) in [5.41, 5.74) is 0.0845. The van der Waals surface area contributed by atoms with Gasteiger partial charge in [0.15, 0.2) is 0 Å². The van der Waals surface area contributed by atoms with E-state index in [9.17, 15) is 18.3 Å². The van der Waals surface area contributed by atoms with Crippen LogP contribution in [0, 0.1) is 17.5 Å². The highest BCUT2D eigenvalue weighted by Gasteiger charge is 2.16. The third-order valence-electron chi connectivity index (χ3n) is 2.46. The molecule has 2 aromatic carbocycles. The van der Waals surface area contributed by atoms with Crippen molar-refractivity contribution in [1.82, 2.24) is 0 Å². The van der Waals surface area contributed by atoms with Gasteiger partial charge in [-0.2, -0.15) is 0 Å². The zero-order valence-corrected chi connectivity index (χ0v) is 10.6. The first-order valence-electron chi connectivity index (χ1n) is 5.06. The van der Waals surface area contributed by atoms with Gasteiger partial charge in [-0.1, -0.05) is 22.0 Å². The molecule has 0 amide bonds. The summed E-state index contributed by atoms with van der Waals surface area (Å²) in [7, 11) is 0. The van der Waals surface area contributed by atoms with Crippen molar-refractivity contribution in [2.45, 2.75) is 6.10 Å². The standard InChI is InChI=1S/C13H8BrF3O/c14-8-3-7(4-10(16)5-8)13(18)11-2-1-9(15)6-12(11)17/h1-6,13,18H. The number of hydrogen-bond donors (Lipinski definition) is 1. The van der Waals surface area contributed by atoms with Crippen LogP contribution in [0.15, 0.2) is 40.9 Å². The predicted octanol–water partition coefficient (Wildman–Crippen LogP) is 3.95. The molecule has 5 heteroatoms. The zero-order chi connectivity index (χ0) is 13.3. The van der Waals surface area contributed by atoms with E-state index < -0.39 is 23.6 Å². The molecule has 2 rings (SSSR count). The molecule has 0 bridgehead atoms. The van der Waals surface area contributed by atoms with Gasteiger partial charge < -0.3 is 5.11 Å². The second kappa shape index (κ2) is 5.12. The lowest BCUT2D eigenvalue weighted by Crippen LogP contribution is -2.03. The molecule has 0 aliphatic carbocycles. The summed E-state index contributed by atoms with van der Waals surface area (Å²) in [5, 5.41) is 9.96. The van der Waals surface area contributed by atoms with Crippen molar-refractivity contribution in [2.24, 2.45) is 0 Å². The monoisotopic (exact) mass is 316 g/mol. The molecule has 1 nitrogen and oxygen atoms in total. The second-order valence-electron chi connectivity index (χ2n) is 3.77. The van der Waals surface area contributed by atoms with Gasteiger partial charge in [-0.25, -0.2) is 13.2 Å². The molecule has 0 radical (unpaired) electrons. The second-order valence-corrected chi connectivity index (χ2v) is 4.69. The van der Waals surface area contributed by atoms with Crippen molar-refractivity contribution in [3.63, 3.8) is 0 Å². The van der Waals surface area contributed by atoms with Crippen molar-refractivity contribution >= 4 is 15.9 Å². The topological polar surface area (TPSA) is 20.2 Å². The van der Waals surface area contributed by atoms with E-state index in [0.717, 1.165) is 18.2 Å². The molecule has 0 spiro atoms. The molecule has 1 unspecified atom stereocenters. The average Bonchev–Trinajstić information content (AvgIpc) is 2.26. The number of halogens is 4. The van der Waals surface area contributed by atoms with Gasteiger partial charge in [0.05, 0.1) is 0 Å². The zero-order valence-electron chi connectivity index (χ0n) is 9.00. The Morgan fingerprint density at radius 3 is 2.28 bits per heavy atom. The van der Waals surface area contributed by atoms with Gasteiger partial charge in [-0.3, -0.25) is 0 Å². The van der Waals surface area contributed by atoms with Crippen molar-refractivity contribution in [3.05, 3.63) is 69.4 Å². The summed E-state index contributed by atoms with van der Waals surface area (Å²) in [6.45, 7) is 0. The lowest BCUT2D eigenvalue weighted by molar-refractivity contribution is 0.214. The van der Waals surface area contributed by atoms with Crippen molar-refractivity contribution in [1.29, 1.82) is 0 Å². The predicted molar refractivity (Wildman–Crippen MR) is 64.5 cm³/mol. The molecular weight excluding hydrogens is 309 g/mol. The smallest absolute Gasteiger partial charge is 0.132 e. The van der Waals surface area contributed by atoms with E-state index >= 15 is 0 Å². The number of rotatable bonds is 2. The van der Waals surface area contributed by atoms with E-state index in [1.807, 2.05) is 0 Å². The highest BCUT2D eigenvalue weighted by molar-refractivity contribution is 9.10. The van der Waals surface area contributed by atoms with E-state index in [1.165, 1.54) is 12.1 Å². The Kier molecular flexibility index (Phi) is 3.73. The van der Waals surface area contributed by atoms with Crippen LogP contribution in [0.5, 0.6) is 0 Å². The highest BCUT2D eigenvalue weighted by atomic mass is 79.9. The lowest BCUT2D eigenvalue weighted by Gasteiger charge is -2.13. The first kappa shape index (κ1) is 13.1. The molecule has 0 saturated heterocycles. The Balaban J connectivity index is 2.44. The molecule has 2 aromatic rings. The molecule has 0 aliphatic rings. The van der Waals surface area contributed by atoms with Gasteiger partial charge in [0.25, 0.3) is 0 Å². The fourth-order valence-electron chi connectivity index (χ4n) is 1.64. The molecule has 1 N–H and O–H groups in total. The van der Waals surface area contributed by atoms with E-state index in [0.29, 0.717) is 10.5 Å². The quantitative estimate of drug-likeness (QED) is 0.889. The van der Waals surface area contributed by atoms with Crippen LogP contribution in [0.25, 0.3) is 0 Å². The SMILES string of the molecule is OC(c1cc(F)cc(Br)c1)c1ccc(F)cc1F. The highest BCUT2D eigenvalue weighted by Crippen LogP contribution is 2.27. The maximum atomic E-state index is 13.5. The van der Waals surface area contributed by atoms with Gasteiger partial charge in [0.2, 0.25) is 0 Å². The van der Waals surface area contributed by atoms with Crippen molar-refractivity contribution in [3.8, 4) is 0 Å². The summed E-state index contributed by atoms with van der Waals surface area (Å²) in [6, 6.07) is 6.63. The van der Waals surface area contributed by atoms with Crippen molar-refractivity contribution in [2.75, 3.05) is 0 Å². The van der Waals surface area contributed by atoms with Crippen LogP contribution >= 0.6 is 15.9 Å². The minimum atomic E-state index is -1.35. The summed E-state index contributed by atoms with van der Waals surface area (Å²) < 4.78 is 39.8. The minimum absolute atomic E-state index is 0.103. The van der Waals surface area contributed by atoms with Gasteiger partial charge >= 0.3 is 0 Å². The van der Waals surface area contributed by atoms with Crippen LogP contribution in [-0.2, 0) is 0 Å². The molecule has 0 heterocycles. The van der Waals surface area contributed by atoms with Crippen LogP contribution in [0.3, 0.4) is 0 Å². The Labute approximate surface area is 110 Å². The number of hydrogen-bond acceptors (Lipinski definition) is 1. The first-order chi connectivity index (χ1) is 8.47. The Morgan fingerprint density at radius 1 is 0.944 bits per heavy atom. The molecule has 0 saturated carbocycles. The fourth-order valence-corrected chi connectivity index (χ4v) is 2.12. The van der Waals surface area contributed by atoms with Crippen molar-refractivity contribution < 1.29 is 18.3 Å². The van der Waals surface area contributed by atoms with E-state index in [-0.39, 0.29) is 11.1 Å². The summed E-state index contributed by atoms with van der Waals surface area (Å²) in [5.74, 6) is -2.16. The van der Waals surface area contributed by atoms with E-state index in [2.05, 4.69) is 15.9 Å². The van der Waals surface area contributed by atoms with Crippen LogP contribution in [-0.4, -0.2) is 5.11 Å². The molecule has 1 atom stereocenters. The molecule has 0 aliphatic heterocycles. The number of aliphatic hydroxyl groups excluding tert-OH is 1. The Bertz CT molecular complexity index is 566. The number of aliphatic hydroxyl groups is 1. The van der Waals surface area contributed by atoms with Crippen LogP contribution < -0.4 is 0 Å². The number of benzene rings is 2. The fraction of sp³-hybridized carbons (Fsp3) is 0.0769. The normalized spacial score (nSPS) is 12.5. The Morgan fingerprint density at radius 2 is 1.67 bits per heavy atom. The van der Waals surface area contributed by atoms with Crippen LogP contribution in [0.2, 0.25) is 0 Å². The molecule has 94 valence electrons. The van der Waals surface area contributed by atoms with Gasteiger partial charge in [0, 0.05) is 16.1 Å². The lowest BCUT2D eigenvalue weighted by atomic mass is 10.0.